The first-order valence-corrected chi connectivity index (χ1v) is 18.9. The van der Waals surface area contributed by atoms with E-state index in [1.807, 2.05) is 0 Å². The first kappa shape index (κ1) is 50.2. The number of hydrogen-bond donors (Lipinski definition) is 13. The minimum absolute atomic E-state index is 0.0152. The van der Waals surface area contributed by atoms with Gasteiger partial charge < -0.3 is 69.6 Å². The number of guanidine groups is 1. The Morgan fingerprint density at radius 3 is 1.78 bits per heavy atom. The molecule has 7 atom stereocenters. The maximum atomic E-state index is 13.6. The SMILES string of the molecule is CC(C)CC(NC(=O)CNC(=O)C(CC(C)C)NC(=O)C(Cc1cnc[nH]1)NC(=O)C(CO)NC(=O)C(C)N)C(=O)NC(C)C(=O)NC(CCCN=C(N)N)C(=O)O. The van der Waals surface area contributed by atoms with Crippen LogP contribution in [0.25, 0.3) is 0 Å². The largest absolute Gasteiger partial charge is 0.480 e. The second-order valence-electron chi connectivity index (χ2n) is 14.6. The number of carboxylic acid groups (broad SMARTS) is 1. The molecule has 0 aromatic carbocycles. The van der Waals surface area contributed by atoms with Gasteiger partial charge in [-0.25, -0.2) is 9.78 Å². The van der Waals surface area contributed by atoms with Crippen molar-refractivity contribution >= 4 is 53.3 Å². The molecule has 1 aromatic rings. The van der Waals surface area contributed by atoms with Crippen LogP contribution in [0.2, 0.25) is 0 Å². The van der Waals surface area contributed by atoms with E-state index in [9.17, 15) is 48.6 Å². The molecule has 326 valence electrons. The molecule has 1 aromatic heterocycles. The molecule has 23 nitrogen and oxygen atoms in total. The highest BCUT2D eigenvalue weighted by Gasteiger charge is 2.32. The van der Waals surface area contributed by atoms with E-state index in [4.69, 9.17) is 17.2 Å². The summed E-state index contributed by atoms with van der Waals surface area (Å²) in [5, 5.41) is 36.5. The second-order valence-corrected chi connectivity index (χ2v) is 14.6. The number of aromatic nitrogens is 2. The van der Waals surface area contributed by atoms with Gasteiger partial charge >= 0.3 is 5.97 Å². The minimum Gasteiger partial charge on any atom is -0.480 e. The summed E-state index contributed by atoms with van der Waals surface area (Å²) < 4.78 is 0. The normalized spacial score (nSPS) is 14.7. The Kier molecular flexibility index (Phi) is 22.0. The molecule has 23 heteroatoms. The summed E-state index contributed by atoms with van der Waals surface area (Å²) in [6, 6.07) is -8.54. The molecule has 0 saturated heterocycles. The van der Waals surface area contributed by atoms with E-state index >= 15 is 0 Å². The molecule has 0 spiro atoms. The average molecular weight is 824 g/mol. The third-order valence-electron chi connectivity index (χ3n) is 8.27. The number of aliphatic hydroxyl groups is 1. The van der Waals surface area contributed by atoms with Crippen molar-refractivity contribution < 1.29 is 48.6 Å². The highest BCUT2D eigenvalue weighted by molar-refractivity contribution is 5.96. The Balaban J connectivity index is 3.00. The van der Waals surface area contributed by atoms with Crippen molar-refractivity contribution in [3.8, 4) is 0 Å². The predicted octanol–water partition coefficient (Wildman–Crippen LogP) is -4.43. The first-order valence-electron chi connectivity index (χ1n) is 18.9. The van der Waals surface area contributed by atoms with E-state index in [1.54, 1.807) is 27.7 Å². The third-order valence-corrected chi connectivity index (χ3v) is 8.27. The molecule has 0 saturated carbocycles. The summed E-state index contributed by atoms with van der Waals surface area (Å²) in [6.45, 7) is 8.66. The summed E-state index contributed by atoms with van der Waals surface area (Å²) in [5.41, 5.74) is 16.5. The number of hydrogen-bond acceptors (Lipinski definition) is 12. The molecule has 0 aliphatic carbocycles. The number of aromatic amines is 1. The highest BCUT2D eigenvalue weighted by atomic mass is 16.4. The van der Waals surface area contributed by atoms with Gasteiger partial charge in [0.25, 0.3) is 0 Å². The Hall–Kier alpha value is -5.84. The zero-order chi connectivity index (χ0) is 44.1. The van der Waals surface area contributed by atoms with Crippen molar-refractivity contribution in [2.75, 3.05) is 19.7 Å². The lowest BCUT2D eigenvalue weighted by Crippen LogP contribution is -2.59. The van der Waals surface area contributed by atoms with Gasteiger partial charge in [-0.2, -0.15) is 0 Å². The number of imidazole rings is 1. The zero-order valence-electron chi connectivity index (χ0n) is 33.8. The Labute approximate surface area is 336 Å². The monoisotopic (exact) mass is 823 g/mol. The minimum atomic E-state index is -1.44. The van der Waals surface area contributed by atoms with Crippen molar-refractivity contribution in [3.63, 3.8) is 0 Å². The Bertz CT molecular complexity index is 1570. The van der Waals surface area contributed by atoms with Crippen LogP contribution in [-0.4, -0.2) is 135 Å². The second kappa shape index (κ2) is 25.4. The number of nitrogens with zero attached hydrogens (tertiary/aromatic N) is 2. The van der Waals surface area contributed by atoms with Crippen molar-refractivity contribution in [1.82, 2.24) is 47.2 Å². The molecule has 7 unspecified atom stereocenters. The molecule has 1 rings (SSSR count). The average Bonchev–Trinajstić information content (AvgIpc) is 3.65. The van der Waals surface area contributed by atoms with Crippen molar-refractivity contribution in [1.29, 1.82) is 0 Å². The fraction of sp³-hybridized carbons (Fsp3) is 0.657. The van der Waals surface area contributed by atoms with E-state index in [-0.39, 0.29) is 56.4 Å². The Morgan fingerprint density at radius 2 is 1.26 bits per heavy atom. The van der Waals surface area contributed by atoms with E-state index in [1.165, 1.54) is 26.4 Å². The number of aliphatic carboxylic acids is 1. The summed E-state index contributed by atoms with van der Waals surface area (Å²) in [5.74, 6) is -7.12. The molecule has 0 radical (unpaired) electrons. The number of carboxylic acids is 1. The molecule has 1 heterocycles. The maximum absolute atomic E-state index is 13.6. The van der Waals surface area contributed by atoms with E-state index in [0.29, 0.717) is 5.69 Å². The smallest absolute Gasteiger partial charge is 0.326 e. The lowest BCUT2D eigenvalue weighted by atomic mass is 10.0. The third kappa shape index (κ3) is 19.3. The van der Waals surface area contributed by atoms with E-state index in [0.717, 1.165) is 0 Å². The van der Waals surface area contributed by atoms with Crippen LogP contribution >= 0.6 is 0 Å². The number of amides is 7. The van der Waals surface area contributed by atoms with Gasteiger partial charge in [-0.1, -0.05) is 27.7 Å². The fourth-order valence-corrected chi connectivity index (χ4v) is 5.25. The van der Waals surface area contributed by atoms with E-state index in [2.05, 4.69) is 52.2 Å². The molecule has 0 bridgehead atoms. The molecule has 7 amide bonds. The van der Waals surface area contributed by atoms with Gasteiger partial charge in [0.1, 0.15) is 36.3 Å². The zero-order valence-corrected chi connectivity index (χ0v) is 33.8. The number of nitrogens with two attached hydrogens (primary N) is 3. The van der Waals surface area contributed by atoms with Crippen LogP contribution in [0.15, 0.2) is 17.5 Å². The van der Waals surface area contributed by atoms with Gasteiger partial charge in [-0.3, -0.25) is 38.6 Å². The number of rotatable bonds is 26. The van der Waals surface area contributed by atoms with Crippen LogP contribution in [0.1, 0.15) is 72.9 Å². The van der Waals surface area contributed by atoms with Crippen molar-refractivity contribution in [3.05, 3.63) is 18.2 Å². The van der Waals surface area contributed by atoms with Gasteiger partial charge in [-0.15, -0.1) is 0 Å². The van der Waals surface area contributed by atoms with Crippen LogP contribution in [-0.2, 0) is 44.8 Å². The molecule has 16 N–H and O–H groups in total. The summed E-state index contributed by atoms with van der Waals surface area (Å²) >= 11 is 0. The molecular formula is C35H61N13O10. The van der Waals surface area contributed by atoms with Crippen LogP contribution < -0.4 is 54.4 Å². The topological polar surface area (TPSA) is 380 Å². The first-order chi connectivity index (χ1) is 27.1. The molecule has 0 fully saturated rings. The fourth-order valence-electron chi connectivity index (χ4n) is 5.25. The van der Waals surface area contributed by atoms with Crippen LogP contribution in [0.4, 0.5) is 0 Å². The summed E-state index contributed by atoms with van der Waals surface area (Å²) in [7, 11) is 0. The van der Waals surface area contributed by atoms with Crippen LogP contribution in [0.5, 0.6) is 0 Å². The summed E-state index contributed by atoms with van der Waals surface area (Å²) in [4.78, 5) is 113. The number of carbonyl (C=O) groups is 8. The van der Waals surface area contributed by atoms with E-state index < -0.39 is 103 Å². The molecule has 0 aliphatic heterocycles. The quantitative estimate of drug-likeness (QED) is 0.0238. The number of aliphatic hydroxyl groups excluding tert-OH is 1. The molecule has 0 aliphatic rings. The van der Waals surface area contributed by atoms with Crippen LogP contribution in [0, 0.1) is 11.8 Å². The van der Waals surface area contributed by atoms with Gasteiger partial charge in [0.2, 0.25) is 41.4 Å². The predicted molar refractivity (Wildman–Crippen MR) is 210 cm³/mol. The van der Waals surface area contributed by atoms with Gasteiger partial charge in [0.15, 0.2) is 5.96 Å². The molecule has 58 heavy (non-hydrogen) atoms. The number of nitrogens with one attached hydrogen (secondary N) is 8. The summed E-state index contributed by atoms with van der Waals surface area (Å²) in [6.07, 6.45) is 3.19. The van der Waals surface area contributed by atoms with Crippen LogP contribution in [0.3, 0.4) is 0 Å². The van der Waals surface area contributed by atoms with Crippen molar-refractivity contribution in [2.24, 2.45) is 34.0 Å². The highest BCUT2D eigenvalue weighted by Crippen LogP contribution is 2.09. The van der Waals surface area contributed by atoms with Crippen molar-refractivity contribution in [2.45, 2.75) is 116 Å². The maximum Gasteiger partial charge on any atom is 0.326 e. The number of H-pyrrole nitrogens is 1. The number of aliphatic imine (C=N–C) groups is 1. The van der Waals surface area contributed by atoms with Gasteiger partial charge in [-0.05, 0) is 51.4 Å². The Morgan fingerprint density at radius 1 is 0.724 bits per heavy atom. The van der Waals surface area contributed by atoms with Gasteiger partial charge in [0.05, 0.1) is 25.5 Å². The number of carbonyl (C=O) groups excluding carboxylic acids is 7. The standard InChI is InChI=1S/C35H61N13O10/c1-17(2)10-23(46-32(55)25(12-21-13-39-16-42-21)47-33(56)26(15-49)48-28(51)19(5)36)30(53)41-14-27(50)44-24(11-18(3)4)31(54)43-20(6)29(52)45-22(34(57)58)8-7-9-40-35(37)38/h13,16-20,22-26,49H,7-12,14-15,36H2,1-6H3,(H,39,42)(H,41,53)(H,43,54)(H,44,50)(H,45,52)(H,46,55)(H,47,56)(H,48,51)(H,57,58)(H4,37,38,40). The molecular weight excluding hydrogens is 762 g/mol. The van der Waals surface area contributed by atoms with Gasteiger partial charge in [0, 0.05) is 24.9 Å². The lowest BCUT2D eigenvalue weighted by Gasteiger charge is -2.26. The lowest BCUT2D eigenvalue weighted by molar-refractivity contribution is -0.142.